The molecule has 2 aromatic rings. The molecule has 0 aromatic carbocycles. The third kappa shape index (κ3) is 2.27. The number of nitrogen functional groups attached to an aromatic ring is 1. The normalized spacial score (nSPS) is 10.5. The van der Waals surface area contributed by atoms with Gasteiger partial charge in [-0.2, -0.15) is 10.2 Å². The standard InChI is InChI=1S/C10H14N6O/c1-15-4-3-8(14-15)10(17)12-5-7-6-13-16(2)9(7)11/h3-4,6H,5,11H2,1-2H3,(H,12,17). The third-order valence-electron chi connectivity index (χ3n) is 2.45. The predicted octanol–water partition coefficient (Wildman–Crippen LogP) is -0.334. The Balaban J connectivity index is 1.99. The smallest absolute Gasteiger partial charge is 0.272 e. The van der Waals surface area contributed by atoms with Crippen LogP contribution in [-0.2, 0) is 20.6 Å². The van der Waals surface area contributed by atoms with E-state index in [1.807, 2.05) is 0 Å². The van der Waals surface area contributed by atoms with E-state index in [1.165, 1.54) is 0 Å². The van der Waals surface area contributed by atoms with Crippen molar-refractivity contribution in [3.63, 3.8) is 0 Å². The first kappa shape index (κ1) is 11.2. The van der Waals surface area contributed by atoms with Gasteiger partial charge in [-0.1, -0.05) is 0 Å². The van der Waals surface area contributed by atoms with E-state index >= 15 is 0 Å². The Bertz CT molecular complexity index is 541. The lowest BCUT2D eigenvalue weighted by Gasteiger charge is -2.02. The Morgan fingerprint density at radius 3 is 2.82 bits per heavy atom. The molecule has 0 unspecified atom stereocenters. The second kappa shape index (κ2) is 4.28. The zero-order valence-electron chi connectivity index (χ0n) is 9.71. The van der Waals surface area contributed by atoms with Gasteiger partial charge in [-0.05, 0) is 6.07 Å². The van der Waals surface area contributed by atoms with Crippen LogP contribution in [0.25, 0.3) is 0 Å². The molecule has 90 valence electrons. The number of hydrogen-bond donors (Lipinski definition) is 2. The number of carbonyl (C=O) groups is 1. The van der Waals surface area contributed by atoms with Crippen molar-refractivity contribution >= 4 is 11.7 Å². The van der Waals surface area contributed by atoms with Crippen LogP contribution < -0.4 is 11.1 Å². The van der Waals surface area contributed by atoms with Crippen LogP contribution in [0.4, 0.5) is 5.82 Å². The van der Waals surface area contributed by atoms with E-state index in [0.717, 1.165) is 5.56 Å². The number of hydrogen-bond acceptors (Lipinski definition) is 4. The van der Waals surface area contributed by atoms with Gasteiger partial charge in [0.05, 0.1) is 6.20 Å². The lowest BCUT2D eigenvalue weighted by molar-refractivity contribution is 0.0945. The molecule has 2 heterocycles. The maximum atomic E-state index is 11.7. The van der Waals surface area contributed by atoms with Gasteiger partial charge in [0.25, 0.3) is 5.91 Å². The number of nitrogens with two attached hydrogens (primary N) is 1. The molecule has 3 N–H and O–H groups in total. The molecular weight excluding hydrogens is 220 g/mol. The van der Waals surface area contributed by atoms with Gasteiger partial charge in [0.2, 0.25) is 0 Å². The predicted molar refractivity (Wildman–Crippen MR) is 62.0 cm³/mol. The van der Waals surface area contributed by atoms with Crippen LogP contribution >= 0.6 is 0 Å². The van der Waals surface area contributed by atoms with Crippen molar-refractivity contribution in [2.75, 3.05) is 5.73 Å². The minimum absolute atomic E-state index is 0.228. The lowest BCUT2D eigenvalue weighted by Crippen LogP contribution is -2.23. The van der Waals surface area contributed by atoms with Gasteiger partial charge >= 0.3 is 0 Å². The number of nitrogens with zero attached hydrogens (tertiary/aromatic N) is 4. The summed E-state index contributed by atoms with van der Waals surface area (Å²) in [4.78, 5) is 11.7. The summed E-state index contributed by atoms with van der Waals surface area (Å²) in [5, 5.41) is 10.7. The van der Waals surface area contributed by atoms with E-state index in [9.17, 15) is 4.79 Å². The Morgan fingerprint density at radius 1 is 1.53 bits per heavy atom. The van der Waals surface area contributed by atoms with Crippen LogP contribution in [0, 0.1) is 0 Å². The Kier molecular flexibility index (Phi) is 2.82. The van der Waals surface area contributed by atoms with Crippen molar-refractivity contribution in [2.24, 2.45) is 14.1 Å². The van der Waals surface area contributed by atoms with Crippen LogP contribution in [0.1, 0.15) is 16.1 Å². The van der Waals surface area contributed by atoms with E-state index in [2.05, 4.69) is 15.5 Å². The topological polar surface area (TPSA) is 90.8 Å². The van der Waals surface area contributed by atoms with Gasteiger partial charge in [0, 0.05) is 32.4 Å². The van der Waals surface area contributed by atoms with Gasteiger partial charge < -0.3 is 11.1 Å². The first-order chi connectivity index (χ1) is 8.08. The molecule has 2 rings (SSSR count). The van der Waals surface area contributed by atoms with Crippen molar-refractivity contribution < 1.29 is 4.79 Å². The summed E-state index contributed by atoms with van der Waals surface area (Å²) in [5.74, 6) is 0.320. The fourth-order valence-corrected chi connectivity index (χ4v) is 1.43. The van der Waals surface area contributed by atoms with Crippen LogP contribution in [0.2, 0.25) is 0 Å². The molecule has 17 heavy (non-hydrogen) atoms. The van der Waals surface area contributed by atoms with E-state index in [4.69, 9.17) is 5.73 Å². The monoisotopic (exact) mass is 234 g/mol. The number of carbonyl (C=O) groups excluding carboxylic acids is 1. The largest absolute Gasteiger partial charge is 0.384 e. The number of rotatable bonds is 3. The van der Waals surface area contributed by atoms with Crippen molar-refractivity contribution in [2.45, 2.75) is 6.54 Å². The zero-order chi connectivity index (χ0) is 12.4. The first-order valence-corrected chi connectivity index (χ1v) is 5.12. The molecule has 7 nitrogen and oxygen atoms in total. The molecule has 0 aliphatic rings. The summed E-state index contributed by atoms with van der Waals surface area (Å²) < 4.78 is 3.13. The van der Waals surface area contributed by atoms with Crippen LogP contribution in [0.5, 0.6) is 0 Å². The molecule has 0 saturated carbocycles. The number of aryl methyl sites for hydroxylation is 2. The molecule has 0 aliphatic carbocycles. The molecule has 0 atom stereocenters. The molecule has 0 radical (unpaired) electrons. The molecule has 7 heteroatoms. The quantitative estimate of drug-likeness (QED) is 0.760. The van der Waals surface area contributed by atoms with E-state index in [1.54, 1.807) is 41.9 Å². The number of amides is 1. The highest BCUT2D eigenvalue weighted by atomic mass is 16.1. The number of nitrogens with one attached hydrogen (secondary N) is 1. The van der Waals surface area contributed by atoms with Gasteiger partial charge in [0.15, 0.2) is 0 Å². The van der Waals surface area contributed by atoms with Crippen LogP contribution in [0.15, 0.2) is 18.5 Å². The fourth-order valence-electron chi connectivity index (χ4n) is 1.43. The minimum Gasteiger partial charge on any atom is -0.384 e. The van der Waals surface area contributed by atoms with Gasteiger partial charge in [-0.3, -0.25) is 14.2 Å². The summed E-state index contributed by atoms with van der Waals surface area (Å²) >= 11 is 0. The molecule has 0 aliphatic heterocycles. The summed E-state index contributed by atoms with van der Waals surface area (Å²) in [6.45, 7) is 0.342. The highest BCUT2D eigenvalue weighted by molar-refractivity contribution is 5.92. The van der Waals surface area contributed by atoms with Crippen LogP contribution in [0.3, 0.4) is 0 Å². The van der Waals surface area contributed by atoms with Crippen molar-refractivity contribution in [3.8, 4) is 0 Å². The van der Waals surface area contributed by atoms with E-state index in [0.29, 0.717) is 18.1 Å². The molecule has 0 bridgehead atoms. The molecular formula is C10H14N6O. The average Bonchev–Trinajstić information content (AvgIpc) is 2.86. The number of anilines is 1. The SMILES string of the molecule is Cn1ccc(C(=O)NCc2cnn(C)c2N)n1. The highest BCUT2D eigenvalue weighted by Crippen LogP contribution is 2.08. The molecule has 2 aromatic heterocycles. The summed E-state index contributed by atoms with van der Waals surface area (Å²) in [7, 11) is 3.51. The Labute approximate surface area is 98.2 Å². The highest BCUT2D eigenvalue weighted by Gasteiger charge is 2.10. The third-order valence-corrected chi connectivity index (χ3v) is 2.45. The van der Waals surface area contributed by atoms with Gasteiger partial charge in [-0.15, -0.1) is 0 Å². The molecule has 0 spiro atoms. The van der Waals surface area contributed by atoms with Crippen LogP contribution in [-0.4, -0.2) is 25.5 Å². The first-order valence-electron chi connectivity index (χ1n) is 5.12. The van der Waals surface area contributed by atoms with Crippen molar-refractivity contribution in [1.82, 2.24) is 24.9 Å². The van der Waals surface area contributed by atoms with E-state index in [-0.39, 0.29) is 5.91 Å². The second-order valence-corrected chi connectivity index (χ2v) is 3.74. The average molecular weight is 234 g/mol. The summed E-state index contributed by atoms with van der Waals surface area (Å²) in [6.07, 6.45) is 3.35. The maximum Gasteiger partial charge on any atom is 0.272 e. The van der Waals surface area contributed by atoms with E-state index < -0.39 is 0 Å². The summed E-state index contributed by atoms with van der Waals surface area (Å²) in [5.41, 5.74) is 6.93. The summed E-state index contributed by atoms with van der Waals surface area (Å²) in [6, 6.07) is 1.65. The maximum absolute atomic E-state index is 11.7. The van der Waals surface area contributed by atoms with Crippen molar-refractivity contribution in [3.05, 3.63) is 29.7 Å². The molecule has 0 saturated heterocycles. The second-order valence-electron chi connectivity index (χ2n) is 3.74. The Morgan fingerprint density at radius 2 is 2.29 bits per heavy atom. The minimum atomic E-state index is -0.228. The zero-order valence-corrected chi connectivity index (χ0v) is 9.71. The number of aromatic nitrogens is 4. The Hall–Kier alpha value is -2.31. The molecule has 0 fully saturated rings. The van der Waals surface area contributed by atoms with Gasteiger partial charge in [-0.25, -0.2) is 0 Å². The van der Waals surface area contributed by atoms with Gasteiger partial charge in [0.1, 0.15) is 11.5 Å². The lowest BCUT2D eigenvalue weighted by atomic mass is 10.3. The molecule has 1 amide bonds. The fraction of sp³-hybridized carbons (Fsp3) is 0.300. The van der Waals surface area contributed by atoms with Crippen molar-refractivity contribution in [1.29, 1.82) is 0 Å².